The van der Waals surface area contributed by atoms with E-state index in [9.17, 15) is 0 Å². The summed E-state index contributed by atoms with van der Waals surface area (Å²) in [6.07, 6.45) is 2.87. The third-order valence-corrected chi connectivity index (χ3v) is 4.69. The first-order chi connectivity index (χ1) is 13.8. The molecule has 2 heterocycles. The van der Waals surface area contributed by atoms with Gasteiger partial charge in [0.05, 0.1) is 6.54 Å². The van der Waals surface area contributed by atoms with Gasteiger partial charge in [0.2, 0.25) is 5.82 Å². The largest absolute Gasteiger partial charge is 0.245 e. The molecule has 0 amide bonds. The number of aromatic nitrogens is 7. The number of hydrogen-bond donors (Lipinski definition) is 1. The zero-order chi connectivity index (χ0) is 19.3. The number of aryl methyl sites for hydroxylation is 2. The number of hydrogen-bond acceptors (Lipinski definition) is 5. The van der Waals surface area contributed by atoms with Crippen molar-refractivity contribution in [3.63, 3.8) is 0 Å². The fourth-order valence-electron chi connectivity index (χ4n) is 3.28. The van der Waals surface area contributed by atoms with Crippen molar-refractivity contribution >= 4 is 0 Å². The Morgan fingerprint density at radius 1 is 0.964 bits per heavy atom. The van der Waals surface area contributed by atoms with Gasteiger partial charge in [0, 0.05) is 18.4 Å². The van der Waals surface area contributed by atoms with Crippen molar-refractivity contribution in [2.75, 3.05) is 0 Å². The number of nitrogens with one attached hydrogen (secondary N) is 1. The van der Waals surface area contributed by atoms with E-state index in [0.29, 0.717) is 5.82 Å². The molecule has 4 rings (SSSR count). The second-order valence-corrected chi connectivity index (χ2v) is 6.68. The Morgan fingerprint density at radius 2 is 1.75 bits per heavy atom. The normalized spacial score (nSPS) is 11.1. The fourth-order valence-corrected chi connectivity index (χ4v) is 3.28. The summed E-state index contributed by atoms with van der Waals surface area (Å²) in [4.78, 5) is 4.65. The molecule has 0 saturated heterocycles. The second-order valence-electron chi connectivity index (χ2n) is 6.68. The highest BCUT2D eigenvalue weighted by Crippen LogP contribution is 2.29. The summed E-state index contributed by atoms with van der Waals surface area (Å²) >= 11 is 0. The van der Waals surface area contributed by atoms with Crippen LogP contribution in [0, 0.1) is 0 Å². The number of benzene rings is 2. The van der Waals surface area contributed by atoms with Crippen molar-refractivity contribution in [3.8, 4) is 22.5 Å². The molecule has 2 aromatic heterocycles. The van der Waals surface area contributed by atoms with E-state index < -0.39 is 0 Å². The van der Waals surface area contributed by atoms with Gasteiger partial charge in [0.15, 0.2) is 5.82 Å². The molecule has 0 aliphatic rings. The molecule has 2 aromatic carbocycles. The minimum atomic E-state index is 0.596. The van der Waals surface area contributed by atoms with Crippen molar-refractivity contribution in [3.05, 3.63) is 65.7 Å². The lowest BCUT2D eigenvalue weighted by Crippen LogP contribution is -2.07. The van der Waals surface area contributed by atoms with Crippen LogP contribution in [-0.2, 0) is 19.4 Å². The number of H-pyrrole nitrogens is 1. The Hall–Kier alpha value is -3.35. The predicted octanol–water partition coefficient (Wildman–Crippen LogP) is 3.69. The first-order valence-electron chi connectivity index (χ1n) is 9.63. The standard InChI is InChI=1S/C21H23N7/c1-3-7-20-22-19(4-2)25-28(20)14-15-10-12-16(13-11-15)17-8-5-6-9-18(17)21-23-26-27-24-21/h5-6,8-13H,3-4,7,14H2,1-2H3,(H,23,24,26,27). The molecule has 4 aromatic rings. The molecule has 0 fully saturated rings. The number of aromatic amines is 1. The predicted molar refractivity (Wildman–Crippen MR) is 108 cm³/mol. The van der Waals surface area contributed by atoms with Crippen LogP contribution in [0.25, 0.3) is 22.5 Å². The summed E-state index contributed by atoms with van der Waals surface area (Å²) in [5.74, 6) is 2.57. The van der Waals surface area contributed by atoms with E-state index in [-0.39, 0.29) is 0 Å². The second kappa shape index (κ2) is 8.12. The van der Waals surface area contributed by atoms with Crippen LogP contribution in [0.1, 0.15) is 37.5 Å². The zero-order valence-electron chi connectivity index (χ0n) is 16.1. The highest BCUT2D eigenvalue weighted by Gasteiger charge is 2.12. The molecule has 1 N–H and O–H groups in total. The summed E-state index contributed by atoms with van der Waals surface area (Å²) < 4.78 is 2.03. The molecule has 0 atom stereocenters. The number of tetrazole rings is 1. The molecule has 7 heteroatoms. The van der Waals surface area contributed by atoms with E-state index in [1.807, 2.05) is 22.9 Å². The number of nitrogens with zero attached hydrogens (tertiary/aromatic N) is 6. The maximum absolute atomic E-state index is 4.65. The van der Waals surface area contributed by atoms with Crippen LogP contribution in [0.15, 0.2) is 48.5 Å². The van der Waals surface area contributed by atoms with Crippen LogP contribution in [0.5, 0.6) is 0 Å². The van der Waals surface area contributed by atoms with Crippen LogP contribution in [0.4, 0.5) is 0 Å². The van der Waals surface area contributed by atoms with E-state index in [2.05, 4.69) is 74.9 Å². The van der Waals surface area contributed by atoms with Crippen molar-refractivity contribution in [1.29, 1.82) is 0 Å². The van der Waals surface area contributed by atoms with Crippen molar-refractivity contribution in [2.24, 2.45) is 0 Å². The molecule has 0 aliphatic heterocycles. The van der Waals surface area contributed by atoms with Gasteiger partial charge in [0.1, 0.15) is 5.82 Å². The van der Waals surface area contributed by atoms with Gasteiger partial charge in [-0.2, -0.15) is 10.3 Å². The Kier molecular flexibility index (Phi) is 5.23. The minimum Gasteiger partial charge on any atom is -0.245 e. The van der Waals surface area contributed by atoms with E-state index in [4.69, 9.17) is 0 Å². The van der Waals surface area contributed by atoms with Crippen LogP contribution >= 0.6 is 0 Å². The Morgan fingerprint density at radius 3 is 2.43 bits per heavy atom. The lowest BCUT2D eigenvalue weighted by Gasteiger charge is -2.09. The highest BCUT2D eigenvalue weighted by atomic mass is 15.5. The highest BCUT2D eigenvalue weighted by molar-refractivity contribution is 5.80. The quantitative estimate of drug-likeness (QED) is 0.534. The summed E-state index contributed by atoms with van der Waals surface area (Å²) in [5.41, 5.74) is 4.35. The van der Waals surface area contributed by atoms with E-state index in [1.165, 1.54) is 5.56 Å². The van der Waals surface area contributed by atoms with Crippen molar-refractivity contribution in [2.45, 2.75) is 39.7 Å². The lowest BCUT2D eigenvalue weighted by molar-refractivity contribution is 0.625. The summed E-state index contributed by atoms with van der Waals surface area (Å²) in [6, 6.07) is 16.6. The third-order valence-electron chi connectivity index (χ3n) is 4.69. The molecule has 28 heavy (non-hydrogen) atoms. The van der Waals surface area contributed by atoms with Gasteiger partial charge in [-0.25, -0.2) is 9.67 Å². The van der Waals surface area contributed by atoms with Crippen LogP contribution in [0.2, 0.25) is 0 Å². The van der Waals surface area contributed by atoms with Gasteiger partial charge < -0.3 is 0 Å². The molecular formula is C21H23N7. The molecule has 0 spiro atoms. The van der Waals surface area contributed by atoms with Crippen LogP contribution in [-0.4, -0.2) is 35.4 Å². The molecule has 0 saturated carbocycles. The maximum atomic E-state index is 4.65. The third kappa shape index (κ3) is 3.69. The summed E-state index contributed by atoms with van der Waals surface area (Å²) in [5, 5.41) is 19.1. The van der Waals surface area contributed by atoms with Crippen LogP contribution < -0.4 is 0 Å². The van der Waals surface area contributed by atoms with E-state index in [0.717, 1.165) is 54.1 Å². The van der Waals surface area contributed by atoms with Gasteiger partial charge in [-0.05, 0) is 28.3 Å². The molecular weight excluding hydrogens is 350 g/mol. The fraction of sp³-hybridized carbons (Fsp3) is 0.286. The summed E-state index contributed by atoms with van der Waals surface area (Å²) in [6.45, 7) is 4.99. The monoisotopic (exact) mass is 373 g/mol. The van der Waals surface area contributed by atoms with E-state index >= 15 is 0 Å². The SMILES string of the molecule is CCCc1nc(CC)nn1Cc1ccc(-c2ccccc2-c2nn[nH]n2)cc1. The minimum absolute atomic E-state index is 0.596. The molecule has 0 bridgehead atoms. The average molecular weight is 373 g/mol. The molecule has 0 aliphatic carbocycles. The lowest BCUT2D eigenvalue weighted by atomic mass is 9.98. The number of rotatable bonds is 7. The molecule has 0 unspecified atom stereocenters. The summed E-state index contributed by atoms with van der Waals surface area (Å²) in [7, 11) is 0. The van der Waals surface area contributed by atoms with Gasteiger partial charge in [-0.1, -0.05) is 62.4 Å². The van der Waals surface area contributed by atoms with Crippen molar-refractivity contribution in [1.82, 2.24) is 35.4 Å². The van der Waals surface area contributed by atoms with Gasteiger partial charge in [-0.15, -0.1) is 10.2 Å². The molecule has 7 nitrogen and oxygen atoms in total. The Bertz CT molecular complexity index is 1030. The van der Waals surface area contributed by atoms with Crippen LogP contribution in [0.3, 0.4) is 0 Å². The molecule has 142 valence electrons. The topological polar surface area (TPSA) is 85.2 Å². The molecule has 0 radical (unpaired) electrons. The smallest absolute Gasteiger partial charge is 0.205 e. The van der Waals surface area contributed by atoms with E-state index in [1.54, 1.807) is 0 Å². The van der Waals surface area contributed by atoms with Gasteiger partial charge >= 0.3 is 0 Å². The van der Waals surface area contributed by atoms with Gasteiger partial charge in [-0.3, -0.25) is 0 Å². The first kappa shape index (κ1) is 18.0. The Labute approximate surface area is 163 Å². The average Bonchev–Trinajstić information content (AvgIpc) is 3.39. The Balaban J connectivity index is 1.60. The van der Waals surface area contributed by atoms with Crippen molar-refractivity contribution < 1.29 is 0 Å². The first-order valence-corrected chi connectivity index (χ1v) is 9.63. The van der Waals surface area contributed by atoms with Gasteiger partial charge in [0.25, 0.3) is 0 Å². The maximum Gasteiger partial charge on any atom is 0.205 e. The zero-order valence-corrected chi connectivity index (χ0v) is 16.1.